The van der Waals surface area contributed by atoms with Crippen molar-refractivity contribution in [3.63, 3.8) is 0 Å². The average molecular weight is 1410 g/mol. The number of nitrogens with zero attached hydrogens (tertiary/aromatic N) is 2. The number of amides is 13. The zero-order valence-corrected chi connectivity index (χ0v) is 58.6. The van der Waals surface area contributed by atoms with Crippen LogP contribution in [0.25, 0.3) is 0 Å². The summed E-state index contributed by atoms with van der Waals surface area (Å²) in [5, 5.41) is 47.0. The molecular weight excluding hydrogens is 1310 g/mol. The molecule has 1 aliphatic rings. The number of primary amides is 2. The number of nitrogens with one attached hydrogen (secondary N) is 10. The summed E-state index contributed by atoms with van der Waals surface area (Å²) in [6.45, 7) is 12.5. The Balaban J connectivity index is 1.49. The third-order valence-electron chi connectivity index (χ3n) is 16.9. The highest BCUT2D eigenvalue weighted by Gasteiger charge is 2.42. The SMILES string of the molecule is CC[C@H](C)[C@H](NC(=O)[C@@H]1CCCN1C(=O)[C@@H](NC(=O)[C@@H](N)Cc1ccccc1)C(C)C)C(=O)N[C@@H](Cc1ccccc1)C(=O)N[C@H](C(=O)N[C@@H](Cc1ccc(O)cc1)C(=O)NCC(=O)N[C@@H](C)C(=O)N[C@@H](CC(C)C)C(=O)N[C@@H](CCC(N)=O)C(=O)N[C@@H](CCCN=C(N)N)C(N)=O)[C@@H](C)O. The molecule has 3 aromatic rings. The van der Waals surface area contributed by atoms with E-state index >= 15 is 0 Å². The summed E-state index contributed by atoms with van der Waals surface area (Å²) in [4.78, 5) is 184. The Bertz CT molecular complexity index is 3340. The molecule has 0 radical (unpaired) electrons. The van der Waals surface area contributed by atoms with Crippen molar-refractivity contribution >= 4 is 82.8 Å². The number of hydrogen-bond donors (Lipinski definition) is 17. The number of likely N-dealkylation sites (tertiary alicyclic amines) is 1. The Kier molecular flexibility index (Phi) is 34.1. The van der Waals surface area contributed by atoms with E-state index in [9.17, 15) is 72.5 Å². The van der Waals surface area contributed by atoms with Crippen LogP contribution in [-0.2, 0) is 81.6 Å². The summed E-state index contributed by atoms with van der Waals surface area (Å²) >= 11 is 0. The Morgan fingerprint density at radius 3 is 1.61 bits per heavy atom. The number of carbonyl (C=O) groups is 13. The fourth-order valence-electron chi connectivity index (χ4n) is 11.0. The summed E-state index contributed by atoms with van der Waals surface area (Å²) in [6.07, 6.45) is -1.25. The maximum atomic E-state index is 14.6. The molecule has 13 amide bonds. The molecule has 0 bridgehead atoms. The van der Waals surface area contributed by atoms with Crippen LogP contribution in [0.3, 0.4) is 0 Å². The van der Waals surface area contributed by atoms with Gasteiger partial charge < -0.3 is 96.9 Å². The number of benzene rings is 3. The van der Waals surface area contributed by atoms with Gasteiger partial charge in [0, 0.05) is 32.4 Å². The van der Waals surface area contributed by atoms with Gasteiger partial charge in [0.2, 0.25) is 76.8 Å². The van der Waals surface area contributed by atoms with Crippen LogP contribution in [0.2, 0.25) is 0 Å². The fraction of sp³-hybridized carbons (Fsp3) is 0.536. The van der Waals surface area contributed by atoms with Crippen molar-refractivity contribution in [3.8, 4) is 5.75 Å². The van der Waals surface area contributed by atoms with Crippen LogP contribution in [0, 0.1) is 17.8 Å². The molecule has 3 aromatic carbocycles. The molecule has 101 heavy (non-hydrogen) atoms. The topological polar surface area (TPSA) is 528 Å². The van der Waals surface area contributed by atoms with Crippen molar-refractivity contribution in [1.29, 1.82) is 0 Å². The van der Waals surface area contributed by atoms with Gasteiger partial charge in [0.25, 0.3) is 0 Å². The van der Waals surface area contributed by atoms with E-state index < -0.39 is 168 Å². The van der Waals surface area contributed by atoms with Gasteiger partial charge in [0.1, 0.15) is 66.2 Å². The molecule has 1 aliphatic heterocycles. The van der Waals surface area contributed by atoms with Crippen LogP contribution < -0.4 is 81.8 Å². The monoisotopic (exact) mass is 1410 g/mol. The van der Waals surface area contributed by atoms with E-state index in [1.54, 1.807) is 71.9 Å². The lowest BCUT2D eigenvalue weighted by atomic mass is 9.96. The molecule has 32 nitrogen and oxygen atoms in total. The van der Waals surface area contributed by atoms with Crippen molar-refractivity contribution in [3.05, 3.63) is 102 Å². The second kappa shape index (κ2) is 41.4. The molecule has 554 valence electrons. The number of carbonyl (C=O) groups excluding carboxylic acids is 13. The molecule has 0 aromatic heterocycles. The number of aliphatic hydroxyl groups is 1. The van der Waals surface area contributed by atoms with Gasteiger partial charge in [0.05, 0.1) is 18.7 Å². The van der Waals surface area contributed by atoms with E-state index in [0.717, 1.165) is 5.56 Å². The third kappa shape index (κ3) is 28.1. The third-order valence-corrected chi connectivity index (χ3v) is 16.9. The summed E-state index contributed by atoms with van der Waals surface area (Å²) in [7, 11) is 0. The Morgan fingerprint density at radius 1 is 0.554 bits per heavy atom. The number of phenolic OH excluding ortho intramolecular Hbond substituents is 1. The molecule has 4 rings (SSSR count). The molecule has 0 saturated carbocycles. The minimum atomic E-state index is -1.81. The first-order chi connectivity index (χ1) is 47.7. The molecular formula is C69H103N17O15. The molecule has 1 saturated heterocycles. The van der Waals surface area contributed by atoms with Crippen molar-refractivity contribution < 1.29 is 72.5 Å². The minimum absolute atomic E-state index is 0.0102. The number of nitrogens with two attached hydrogens (primary N) is 5. The van der Waals surface area contributed by atoms with Gasteiger partial charge in [-0.25, -0.2) is 0 Å². The van der Waals surface area contributed by atoms with E-state index in [1.165, 1.54) is 43.0 Å². The first-order valence-corrected chi connectivity index (χ1v) is 33.9. The van der Waals surface area contributed by atoms with Crippen LogP contribution in [0.5, 0.6) is 5.75 Å². The molecule has 22 N–H and O–H groups in total. The normalized spacial score (nSPS) is 16.2. The second-order valence-electron chi connectivity index (χ2n) is 26.2. The van der Waals surface area contributed by atoms with Crippen LogP contribution in [0.4, 0.5) is 0 Å². The fourth-order valence-corrected chi connectivity index (χ4v) is 11.0. The molecule has 0 aliphatic carbocycles. The zero-order valence-electron chi connectivity index (χ0n) is 58.6. The lowest BCUT2D eigenvalue weighted by Gasteiger charge is -2.33. The number of phenols is 1. The minimum Gasteiger partial charge on any atom is -0.508 e. The number of aliphatic imine (C=N–C) groups is 1. The maximum absolute atomic E-state index is 14.6. The Morgan fingerprint density at radius 2 is 1.07 bits per heavy atom. The first-order valence-electron chi connectivity index (χ1n) is 33.9. The van der Waals surface area contributed by atoms with Gasteiger partial charge in [-0.1, -0.05) is 121 Å². The molecule has 13 atom stereocenters. The van der Waals surface area contributed by atoms with Crippen molar-refractivity contribution in [2.75, 3.05) is 19.6 Å². The van der Waals surface area contributed by atoms with E-state index in [2.05, 4.69) is 58.2 Å². The predicted molar refractivity (Wildman–Crippen MR) is 374 cm³/mol. The van der Waals surface area contributed by atoms with Gasteiger partial charge in [-0.15, -0.1) is 0 Å². The predicted octanol–water partition coefficient (Wildman–Crippen LogP) is -2.83. The highest BCUT2D eigenvalue weighted by atomic mass is 16.3. The standard InChI is InChI=1S/C69H103N17O15/c1-9-39(6)56(84-65(98)52-23-17-31-86(52)68(101)55(38(4)5)83-60(93)46(70)33-42-18-12-10-13-19-42)66(99)82-51(34-43-20-14-11-15-21-43)64(97)85-57(41(8)87)67(100)81-50(35-44-24-26-45(88)27-25-44)61(94)76-36-54(90)77-40(7)59(92)80-49(32-37(2)3)63(96)79-48(28-29-53(71)89)62(95)78-47(58(72)91)22-16-30-75-69(73)74/h10-15,18-21,24-27,37-41,46-52,55-57,87-88H,9,16-17,22-23,28-36,70H2,1-8H3,(H2,71,89)(H2,72,91)(H,76,94)(H,77,90)(H,78,95)(H,79,96)(H,80,92)(H,81,100)(H,82,99)(H,83,93)(H,84,98)(H,85,97)(H4,73,74,75)/t39-,40-,41+,46-,47-,48-,49-,50-,51-,52-,55-,56-,57-/m0/s1. The largest absolute Gasteiger partial charge is 0.508 e. The lowest BCUT2D eigenvalue weighted by Crippen LogP contribution is -2.62. The highest BCUT2D eigenvalue weighted by Crippen LogP contribution is 2.23. The van der Waals surface area contributed by atoms with Gasteiger partial charge >= 0.3 is 0 Å². The summed E-state index contributed by atoms with van der Waals surface area (Å²) in [5.74, 6) is -12.3. The quantitative estimate of drug-likeness (QED) is 0.0155. The van der Waals surface area contributed by atoms with E-state index in [-0.39, 0.29) is 88.5 Å². The van der Waals surface area contributed by atoms with Gasteiger partial charge in [0.15, 0.2) is 5.96 Å². The van der Waals surface area contributed by atoms with Gasteiger partial charge in [-0.05, 0) is 105 Å². The van der Waals surface area contributed by atoms with E-state index in [4.69, 9.17) is 28.7 Å². The molecule has 0 spiro atoms. The van der Waals surface area contributed by atoms with Crippen molar-refractivity contribution in [1.82, 2.24) is 58.1 Å². The Labute approximate surface area is 588 Å². The summed E-state index contributed by atoms with van der Waals surface area (Å²) < 4.78 is 0. The summed E-state index contributed by atoms with van der Waals surface area (Å²) in [5.41, 5.74) is 29.7. The molecule has 0 unspecified atom stereocenters. The first kappa shape index (κ1) is 83.2. The smallest absolute Gasteiger partial charge is 0.246 e. The number of hydrogen-bond acceptors (Lipinski definition) is 17. The second-order valence-corrected chi connectivity index (χ2v) is 26.2. The lowest BCUT2D eigenvalue weighted by molar-refractivity contribution is -0.143. The number of rotatable bonds is 41. The number of guanidine groups is 1. The van der Waals surface area contributed by atoms with Gasteiger partial charge in [-0.2, -0.15) is 0 Å². The van der Waals surface area contributed by atoms with Crippen LogP contribution in [0.1, 0.15) is 123 Å². The van der Waals surface area contributed by atoms with Crippen LogP contribution in [0.15, 0.2) is 89.9 Å². The van der Waals surface area contributed by atoms with Gasteiger partial charge in [-0.3, -0.25) is 67.3 Å². The van der Waals surface area contributed by atoms with E-state index in [1.807, 2.05) is 30.3 Å². The molecule has 1 heterocycles. The molecule has 32 heteroatoms. The molecule has 1 fully saturated rings. The highest BCUT2D eigenvalue weighted by molar-refractivity contribution is 5.99. The van der Waals surface area contributed by atoms with Crippen LogP contribution in [-0.4, -0.2) is 190 Å². The summed E-state index contributed by atoms with van der Waals surface area (Å²) in [6, 6.07) is 8.70. The van der Waals surface area contributed by atoms with Crippen molar-refractivity contribution in [2.45, 2.75) is 199 Å². The van der Waals surface area contributed by atoms with E-state index in [0.29, 0.717) is 24.0 Å². The zero-order chi connectivity index (χ0) is 75.2. The maximum Gasteiger partial charge on any atom is 0.246 e. The number of aromatic hydroxyl groups is 1. The number of aliphatic hydroxyl groups excluding tert-OH is 1. The van der Waals surface area contributed by atoms with Crippen molar-refractivity contribution in [2.24, 2.45) is 51.4 Å². The Hall–Kier alpha value is -10.2. The average Bonchev–Trinajstić information content (AvgIpc) is 1.75. The van der Waals surface area contributed by atoms with Crippen LogP contribution >= 0.6 is 0 Å².